The second-order valence-corrected chi connectivity index (χ2v) is 6.15. The molecule has 1 unspecified atom stereocenters. The summed E-state index contributed by atoms with van der Waals surface area (Å²) in [6.45, 7) is 2.72. The first kappa shape index (κ1) is 15.1. The van der Waals surface area contributed by atoms with E-state index >= 15 is 0 Å². The van der Waals surface area contributed by atoms with Gasteiger partial charge in [-0.1, -0.05) is 0 Å². The molecule has 3 N–H and O–H groups in total. The number of nitrogens with zero attached hydrogens (tertiary/aromatic N) is 1. The van der Waals surface area contributed by atoms with Crippen molar-refractivity contribution in [1.29, 1.82) is 0 Å². The molecule has 2 amide bonds. The van der Waals surface area contributed by atoms with Crippen LogP contribution >= 0.6 is 0 Å². The summed E-state index contributed by atoms with van der Waals surface area (Å²) in [6, 6.07) is 0.814. The first-order chi connectivity index (χ1) is 9.47. The Morgan fingerprint density at radius 1 is 1.30 bits per heavy atom. The molecule has 0 aromatic carbocycles. The van der Waals surface area contributed by atoms with Gasteiger partial charge < -0.3 is 15.7 Å². The molecule has 0 aromatic heterocycles. The van der Waals surface area contributed by atoms with Crippen molar-refractivity contribution in [2.75, 3.05) is 13.6 Å². The fourth-order valence-corrected chi connectivity index (χ4v) is 2.80. The van der Waals surface area contributed by atoms with E-state index in [0.29, 0.717) is 31.5 Å². The van der Waals surface area contributed by atoms with E-state index in [-0.39, 0.29) is 18.0 Å². The Bertz CT molecular complexity index is 371. The normalized spacial score (nSPS) is 27.4. The molecule has 20 heavy (non-hydrogen) atoms. The number of hydrogen-bond donors (Lipinski definition) is 3. The Labute approximate surface area is 119 Å². The molecule has 0 heterocycles. The number of carbonyl (C=O) groups is 2. The molecule has 2 saturated carbocycles. The number of carbonyl (C=O) groups excluding carboxylic acids is 1. The molecule has 6 heteroatoms. The molecule has 6 nitrogen and oxygen atoms in total. The van der Waals surface area contributed by atoms with E-state index < -0.39 is 5.97 Å². The maximum Gasteiger partial charge on any atom is 0.315 e. The van der Waals surface area contributed by atoms with Crippen LogP contribution in [0.3, 0.4) is 0 Å². The largest absolute Gasteiger partial charge is 0.481 e. The summed E-state index contributed by atoms with van der Waals surface area (Å²) in [7, 11) is 2.09. The second-order valence-electron chi connectivity index (χ2n) is 6.15. The number of amides is 2. The summed E-state index contributed by atoms with van der Waals surface area (Å²) in [5, 5.41) is 14.7. The van der Waals surface area contributed by atoms with Gasteiger partial charge in [0.25, 0.3) is 0 Å². The Balaban J connectivity index is 1.64. The van der Waals surface area contributed by atoms with Crippen molar-refractivity contribution < 1.29 is 14.7 Å². The SMILES string of the molecule is CC(CNC(=O)N[C@H]1CC[C@@H](C(=O)O)C1)N(C)C1CC1. The zero-order chi connectivity index (χ0) is 14.7. The molecule has 0 bridgehead atoms. The zero-order valence-corrected chi connectivity index (χ0v) is 12.3. The molecule has 2 aliphatic carbocycles. The Morgan fingerprint density at radius 2 is 2.00 bits per heavy atom. The van der Waals surface area contributed by atoms with E-state index in [0.717, 1.165) is 6.42 Å². The number of hydrogen-bond acceptors (Lipinski definition) is 3. The predicted octanol–water partition coefficient (Wildman–Crippen LogP) is 1.02. The lowest BCUT2D eigenvalue weighted by molar-refractivity contribution is -0.141. The number of likely N-dealkylation sites (N-methyl/N-ethyl adjacent to an activating group) is 1. The smallest absolute Gasteiger partial charge is 0.315 e. The summed E-state index contributed by atoms with van der Waals surface area (Å²) < 4.78 is 0. The van der Waals surface area contributed by atoms with Crippen LogP contribution in [0.15, 0.2) is 0 Å². The monoisotopic (exact) mass is 283 g/mol. The maximum absolute atomic E-state index is 11.8. The average molecular weight is 283 g/mol. The standard InChI is InChI=1S/C14H25N3O3/c1-9(17(2)12-5-6-12)8-15-14(20)16-11-4-3-10(7-11)13(18)19/h9-12H,3-8H2,1-2H3,(H,18,19)(H2,15,16,20)/t9?,10-,11+/m1/s1. The Hall–Kier alpha value is -1.30. The number of nitrogens with one attached hydrogen (secondary N) is 2. The van der Waals surface area contributed by atoms with Crippen LogP contribution in [-0.4, -0.2) is 53.7 Å². The lowest BCUT2D eigenvalue weighted by Crippen LogP contribution is -2.46. The summed E-state index contributed by atoms with van der Waals surface area (Å²) >= 11 is 0. The van der Waals surface area contributed by atoms with Crippen molar-refractivity contribution >= 4 is 12.0 Å². The summed E-state index contributed by atoms with van der Waals surface area (Å²) in [5.74, 6) is -1.06. The van der Waals surface area contributed by atoms with E-state index in [2.05, 4.69) is 29.5 Å². The lowest BCUT2D eigenvalue weighted by Gasteiger charge is -2.25. The minimum atomic E-state index is -0.755. The fraction of sp³-hybridized carbons (Fsp3) is 0.857. The average Bonchev–Trinajstić information content (AvgIpc) is 3.15. The van der Waals surface area contributed by atoms with Gasteiger partial charge in [-0.25, -0.2) is 4.79 Å². The molecule has 3 atom stereocenters. The zero-order valence-electron chi connectivity index (χ0n) is 12.3. The van der Waals surface area contributed by atoms with Gasteiger partial charge in [-0.15, -0.1) is 0 Å². The quantitative estimate of drug-likeness (QED) is 0.680. The minimum Gasteiger partial charge on any atom is -0.481 e. The van der Waals surface area contributed by atoms with Crippen molar-refractivity contribution in [2.45, 2.75) is 57.2 Å². The van der Waals surface area contributed by atoms with Gasteiger partial charge >= 0.3 is 12.0 Å². The molecule has 2 fully saturated rings. The molecule has 0 aromatic rings. The molecule has 0 radical (unpaired) electrons. The summed E-state index contributed by atoms with van der Waals surface area (Å²) in [5.41, 5.74) is 0. The molecule has 2 aliphatic rings. The summed E-state index contributed by atoms with van der Waals surface area (Å²) in [6.07, 6.45) is 4.46. The third kappa shape index (κ3) is 4.10. The van der Waals surface area contributed by atoms with Gasteiger partial charge in [0, 0.05) is 24.7 Å². The van der Waals surface area contributed by atoms with E-state index in [1.807, 2.05) is 0 Å². The van der Waals surface area contributed by atoms with E-state index in [4.69, 9.17) is 5.11 Å². The molecule has 2 rings (SSSR count). The molecule has 0 spiro atoms. The number of urea groups is 1. The van der Waals surface area contributed by atoms with E-state index in [1.165, 1.54) is 12.8 Å². The van der Waals surface area contributed by atoms with Gasteiger partial charge in [0.15, 0.2) is 0 Å². The van der Waals surface area contributed by atoms with Crippen molar-refractivity contribution in [1.82, 2.24) is 15.5 Å². The summed E-state index contributed by atoms with van der Waals surface area (Å²) in [4.78, 5) is 25.0. The van der Waals surface area contributed by atoms with Crippen LogP contribution < -0.4 is 10.6 Å². The maximum atomic E-state index is 11.8. The number of aliphatic carboxylic acids is 1. The molecule has 114 valence electrons. The molecule has 0 aliphatic heterocycles. The van der Waals surface area contributed by atoms with Crippen LogP contribution in [0.25, 0.3) is 0 Å². The molecular formula is C14H25N3O3. The van der Waals surface area contributed by atoms with Gasteiger partial charge in [-0.05, 0) is 46.1 Å². The van der Waals surface area contributed by atoms with Crippen molar-refractivity contribution in [3.8, 4) is 0 Å². The highest BCUT2D eigenvalue weighted by Gasteiger charge is 2.31. The topological polar surface area (TPSA) is 81.7 Å². The second kappa shape index (κ2) is 6.43. The van der Waals surface area contributed by atoms with Crippen LogP contribution in [0.2, 0.25) is 0 Å². The minimum absolute atomic E-state index is 0.00688. The Morgan fingerprint density at radius 3 is 2.55 bits per heavy atom. The third-order valence-corrected chi connectivity index (χ3v) is 4.49. The highest BCUT2D eigenvalue weighted by molar-refractivity contribution is 5.75. The number of rotatable bonds is 6. The number of carboxylic acid groups (broad SMARTS) is 1. The molecular weight excluding hydrogens is 258 g/mol. The highest BCUT2D eigenvalue weighted by Crippen LogP contribution is 2.27. The third-order valence-electron chi connectivity index (χ3n) is 4.49. The van der Waals surface area contributed by atoms with Crippen LogP contribution in [-0.2, 0) is 4.79 Å². The van der Waals surface area contributed by atoms with E-state index in [9.17, 15) is 9.59 Å². The van der Waals surface area contributed by atoms with Crippen LogP contribution in [0.1, 0.15) is 39.0 Å². The van der Waals surface area contributed by atoms with Gasteiger partial charge in [0.1, 0.15) is 0 Å². The van der Waals surface area contributed by atoms with Gasteiger partial charge in [-0.2, -0.15) is 0 Å². The number of carboxylic acids is 1. The highest BCUT2D eigenvalue weighted by atomic mass is 16.4. The van der Waals surface area contributed by atoms with Crippen LogP contribution in [0, 0.1) is 5.92 Å². The first-order valence-corrected chi connectivity index (χ1v) is 7.46. The van der Waals surface area contributed by atoms with Gasteiger partial charge in [-0.3, -0.25) is 9.69 Å². The van der Waals surface area contributed by atoms with Crippen molar-refractivity contribution in [3.63, 3.8) is 0 Å². The van der Waals surface area contributed by atoms with Crippen LogP contribution in [0.5, 0.6) is 0 Å². The van der Waals surface area contributed by atoms with Crippen molar-refractivity contribution in [2.24, 2.45) is 5.92 Å². The molecule has 0 saturated heterocycles. The lowest BCUT2D eigenvalue weighted by atomic mass is 10.1. The predicted molar refractivity (Wildman–Crippen MR) is 75.5 cm³/mol. The van der Waals surface area contributed by atoms with Gasteiger partial charge in [0.05, 0.1) is 5.92 Å². The van der Waals surface area contributed by atoms with E-state index in [1.54, 1.807) is 0 Å². The Kier molecular flexibility index (Phi) is 4.86. The first-order valence-electron chi connectivity index (χ1n) is 7.46. The fourth-order valence-electron chi connectivity index (χ4n) is 2.80. The van der Waals surface area contributed by atoms with Gasteiger partial charge in [0.2, 0.25) is 0 Å². The van der Waals surface area contributed by atoms with Crippen molar-refractivity contribution in [3.05, 3.63) is 0 Å². The van der Waals surface area contributed by atoms with Crippen LogP contribution in [0.4, 0.5) is 4.79 Å².